The van der Waals surface area contributed by atoms with Gasteiger partial charge in [-0.25, -0.2) is 4.98 Å². The Bertz CT molecular complexity index is 638. The number of halogens is 1. The van der Waals surface area contributed by atoms with Crippen LogP contribution >= 0.6 is 15.9 Å². The molecule has 0 aliphatic rings. The van der Waals surface area contributed by atoms with Crippen LogP contribution in [0.4, 0.5) is 0 Å². The van der Waals surface area contributed by atoms with Crippen LogP contribution in [0.25, 0.3) is 0 Å². The Morgan fingerprint density at radius 2 is 2.21 bits per heavy atom. The van der Waals surface area contributed by atoms with Crippen molar-refractivity contribution < 1.29 is 4.74 Å². The highest BCUT2D eigenvalue weighted by atomic mass is 79.9. The van der Waals surface area contributed by atoms with Crippen molar-refractivity contribution >= 4 is 15.9 Å². The molecule has 2 rings (SSSR count). The highest BCUT2D eigenvalue weighted by Gasteiger charge is 2.07. The molecule has 0 saturated heterocycles. The predicted molar refractivity (Wildman–Crippen MR) is 77.7 cm³/mol. The maximum absolute atomic E-state index is 12.1. The van der Waals surface area contributed by atoms with Gasteiger partial charge in [-0.2, -0.15) is 0 Å². The first kappa shape index (κ1) is 13.8. The van der Waals surface area contributed by atoms with Gasteiger partial charge in [0.05, 0.1) is 0 Å². The SMILES string of the molecule is CCCn1ccnc(Oc2ccc(Br)c(C)c2)c1=O. The Morgan fingerprint density at radius 3 is 2.89 bits per heavy atom. The Kier molecular flexibility index (Phi) is 4.37. The van der Waals surface area contributed by atoms with Gasteiger partial charge in [0.2, 0.25) is 0 Å². The molecule has 0 saturated carbocycles. The van der Waals surface area contributed by atoms with Crippen molar-refractivity contribution in [1.82, 2.24) is 9.55 Å². The molecule has 0 aliphatic carbocycles. The van der Waals surface area contributed by atoms with Crippen LogP contribution in [-0.2, 0) is 6.54 Å². The van der Waals surface area contributed by atoms with Crippen molar-refractivity contribution in [3.63, 3.8) is 0 Å². The van der Waals surface area contributed by atoms with Gasteiger partial charge >= 0.3 is 5.56 Å². The average molecular weight is 323 g/mol. The lowest BCUT2D eigenvalue weighted by molar-refractivity contribution is 0.443. The molecule has 1 aromatic heterocycles. The van der Waals surface area contributed by atoms with Crippen LogP contribution in [0, 0.1) is 6.92 Å². The summed E-state index contributed by atoms with van der Waals surface area (Å²) in [6, 6.07) is 5.55. The number of aryl methyl sites for hydroxylation is 2. The summed E-state index contributed by atoms with van der Waals surface area (Å²) in [5.74, 6) is 0.720. The van der Waals surface area contributed by atoms with Crippen molar-refractivity contribution in [2.75, 3.05) is 0 Å². The molecule has 19 heavy (non-hydrogen) atoms. The highest BCUT2D eigenvalue weighted by Crippen LogP contribution is 2.23. The van der Waals surface area contributed by atoms with E-state index < -0.39 is 0 Å². The molecule has 0 bridgehead atoms. The van der Waals surface area contributed by atoms with Crippen LogP contribution in [0.2, 0.25) is 0 Å². The summed E-state index contributed by atoms with van der Waals surface area (Å²) in [5, 5.41) is 0. The lowest BCUT2D eigenvalue weighted by Gasteiger charge is -2.08. The Morgan fingerprint density at radius 1 is 1.42 bits per heavy atom. The van der Waals surface area contributed by atoms with Gasteiger partial charge in [-0.1, -0.05) is 22.9 Å². The van der Waals surface area contributed by atoms with Gasteiger partial charge in [0, 0.05) is 23.4 Å². The topological polar surface area (TPSA) is 44.1 Å². The maximum atomic E-state index is 12.1. The molecule has 0 radical (unpaired) electrons. The van der Waals surface area contributed by atoms with Crippen LogP contribution in [0.15, 0.2) is 39.9 Å². The third kappa shape index (κ3) is 3.23. The second-order valence-corrected chi connectivity index (χ2v) is 5.10. The van der Waals surface area contributed by atoms with Gasteiger partial charge in [0.15, 0.2) is 0 Å². The third-order valence-electron chi connectivity index (χ3n) is 2.69. The molecule has 2 aromatic rings. The van der Waals surface area contributed by atoms with E-state index in [2.05, 4.69) is 20.9 Å². The number of rotatable bonds is 4. The molecular formula is C14H15BrN2O2. The fourth-order valence-electron chi connectivity index (χ4n) is 1.71. The quantitative estimate of drug-likeness (QED) is 0.865. The number of nitrogens with zero attached hydrogens (tertiary/aromatic N) is 2. The van der Waals surface area contributed by atoms with Crippen molar-refractivity contribution in [3.05, 3.63) is 51.0 Å². The zero-order valence-electron chi connectivity index (χ0n) is 10.9. The van der Waals surface area contributed by atoms with Gasteiger partial charge in [0.1, 0.15) is 5.75 Å². The van der Waals surface area contributed by atoms with E-state index in [9.17, 15) is 4.79 Å². The third-order valence-corrected chi connectivity index (χ3v) is 3.58. The first-order valence-corrected chi connectivity index (χ1v) is 6.90. The number of hydrogen-bond donors (Lipinski definition) is 0. The van der Waals surface area contributed by atoms with Gasteiger partial charge in [-0.05, 0) is 37.1 Å². The summed E-state index contributed by atoms with van der Waals surface area (Å²) in [6.45, 7) is 4.65. The van der Waals surface area contributed by atoms with Crippen molar-refractivity contribution in [1.29, 1.82) is 0 Å². The summed E-state index contributed by atoms with van der Waals surface area (Å²) in [4.78, 5) is 16.1. The zero-order chi connectivity index (χ0) is 13.8. The predicted octanol–water partition coefficient (Wildman–Crippen LogP) is 3.52. The molecule has 0 unspecified atom stereocenters. The second kappa shape index (κ2) is 6.02. The minimum atomic E-state index is -0.204. The van der Waals surface area contributed by atoms with Crippen molar-refractivity contribution in [2.24, 2.45) is 0 Å². The van der Waals surface area contributed by atoms with Crippen LogP contribution in [0.3, 0.4) is 0 Å². The standard InChI is InChI=1S/C14H15BrN2O2/c1-3-7-17-8-6-16-13(14(17)18)19-11-4-5-12(15)10(2)9-11/h4-6,8-9H,3,7H2,1-2H3. The fraction of sp³-hybridized carbons (Fsp3) is 0.286. The van der Waals surface area contributed by atoms with Gasteiger partial charge in [0.25, 0.3) is 5.88 Å². The van der Waals surface area contributed by atoms with E-state index in [-0.39, 0.29) is 11.4 Å². The molecule has 0 N–H and O–H groups in total. The smallest absolute Gasteiger partial charge is 0.313 e. The largest absolute Gasteiger partial charge is 0.435 e. The number of benzene rings is 1. The molecule has 1 heterocycles. The number of hydrogen-bond acceptors (Lipinski definition) is 3. The summed E-state index contributed by atoms with van der Waals surface area (Å²) in [7, 11) is 0. The lowest BCUT2D eigenvalue weighted by Crippen LogP contribution is -2.21. The summed E-state index contributed by atoms with van der Waals surface area (Å²) in [5.41, 5.74) is 0.840. The van der Waals surface area contributed by atoms with E-state index in [1.54, 1.807) is 23.0 Å². The van der Waals surface area contributed by atoms with E-state index in [1.807, 2.05) is 26.0 Å². The molecule has 0 fully saturated rings. The summed E-state index contributed by atoms with van der Waals surface area (Å²) < 4.78 is 8.18. The molecule has 0 atom stereocenters. The second-order valence-electron chi connectivity index (χ2n) is 4.24. The van der Waals surface area contributed by atoms with Crippen molar-refractivity contribution in [2.45, 2.75) is 26.8 Å². The maximum Gasteiger partial charge on any atom is 0.313 e. The van der Waals surface area contributed by atoms with E-state index in [4.69, 9.17) is 4.74 Å². The lowest BCUT2D eigenvalue weighted by atomic mass is 10.2. The van der Waals surface area contributed by atoms with Crippen LogP contribution in [-0.4, -0.2) is 9.55 Å². The van der Waals surface area contributed by atoms with Crippen LogP contribution < -0.4 is 10.3 Å². The van der Waals surface area contributed by atoms with E-state index in [0.29, 0.717) is 12.3 Å². The van der Waals surface area contributed by atoms with Crippen molar-refractivity contribution in [3.8, 4) is 11.6 Å². The summed E-state index contributed by atoms with van der Waals surface area (Å²) >= 11 is 3.42. The zero-order valence-corrected chi connectivity index (χ0v) is 12.5. The normalized spacial score (nSPS) is 10.5. The highest BCUT2D eigenvalue weighted by molar-refractivity contribution is 9.10. The number of aromatic nitrogens is 2. The molecule has 1 aromatic carbocycles. The Hall–Kier alpha value is -1.62. The molecule has 100 valence electrons. The molecule has 0 amide bonds. The molecule has 0 spiro atoms. The van der Waals surface area contributed by atoms with Gasteiger partial charge < -0.3 is 9.30 Å². The Balaban J connectivity index is 2.30. The van der Waals surface area contributed by atoms with E-state index in [0.717, 1.165) is 16.5 Å². The fourth-order valence-corrected chi connectivity index (χ4v) is 1.95. The average Bonchev–Trinajstić information content (AvgIpc) is 2.39. The van der Waals surface area contributed by atoms with Gasteiger partial charge in [-0.15, -0.1) is 0 Å². The van der Waals surface area contributed by atoms with Gasteiger partial charge in [-0.3, -0.25) is 4.79 Å². The Labute approximate surface area is 120 Å². The van der Waals surface area contributed by atoms with Crippen LogP contribution in [0.5, 0.6) is 11.6 Å². The van der Waals surface area contributed by atoms with Crippen LogP contribution in [0.1, 0.15) is 18.9 Å². The first-order valence-electron chi connectivity index (χ1n) is 6.11. The number of ether oxygens (including phenoxy) is 1. The van der Waals surface area contributed by atoms with E-state index >= 15 is 0 Å². The molecule has 0 aliphatic heterocycles. The molecule has 4 nitrogen and oxygen atoms in total. The van der Waals surface area contributed by atoms with E-state index in [1.165, 1.54) is 0 Å². The monoisotopic (exact) mass is 322 g/mol. The minimum absolute atomic E-state index is 0.109. The molecular weight excluding hydrogens is 308 g/mol. The minimum Gasteiger partial charge on any atom is -0.435 e. The summed E-state index contributed by atoms with van der Waals surface area (Å²) in [6.07, 6.45) is 4.14. The molecule has 5 heteroatoms. The first-order chi connectivity index (χ1) is 9.11.